The number of piperidine rings is 1. The molecular formula is C27H32ClN5O4S. The fourth-order valence-electron chi connectivity index (χ4n) is 4.09. The highest BCUT2D eigenvalue weighted by molar-refractivity contribution is 7.90. The fraction of sp³-hybridized carbons (Fsp3) is 0.370. The number of hydrogen-bond donors (Lipinski definition) is 2. The first kappa shape index (κ1) is 27.7. The van der Waals surface area contributed by atoms with Gasteiger partial charge in [-0.25, -0.2) is 14.7 Å². The van der Waals surface area contributed by atoms with E-state index in [0.717, 1.165) is 18.4 Å². The zero-order valence-electron chi connectivity index (χ0n) is 21.6. The lowest BCUT2D eigenvalue weighted by Gasteiger charge is -2.32. The number of halogens is 1. The van der Waals surface area contributed by atoms with Gasteiger partial charge >= 0.3 is 0 Å². The van der Waals surface area contributed by atoms with Crippen molar-refractivity contribution in [2.75, 3.05) is 30.3 Å². The Labute approximate surface area is 228 Å². The van der Waals surface area contributed by atoms with E-state index >= 15 is 0 Å². The molecule has 2 aromatic heterocycles. The number of rotatable bonds is 8. The molecule has 202 valence electrons. The van der Waals surface area contributed by atoms with Gasteiger partial charge in [-0.15, -0.1) is 0 Å². The lowest BCUT2D eigenvalue weighted by Crippen LogP contribution is -2.37. The number of benzene rings is 1. The minimum absolute atomic E-state index is 0.0363. The van der Waals surface area contributed by atoms with E-state index in [4.69, 9.17) is 27.1 Å². The topological polar surface area (TPSA) is 128 Å². The van der Waals surface area contributed by atoms with Crippen LogP contribution in [0.15, 0.2) is 53.6 Å². The van der Waals surface area contributed by atoms with Crippen molar-refractivity contribution < 1.29 is 17.9 Å². The molecule has 1 amide bonds. The molecule has 3 N–H and O–H groups in total. The number of nitrogens with one attached hydrogen (secondary N) is 1. The lowest BCUT2D eigenvalue weighted by atomic mass is 9.98. The van der Waals surface area contributed by atoms with Crippen LogP contribution in [0.4, 0.5) is 11.6 Å². The molecule has 1 saturated heterocycles. The van der Waals surface area contributed by atoms with Crippen molar-refractivity contribution in [1.82, 2.24) is 14.7 Å². The van der Waals surface area contributed by atoms with Crippen LogP contribution in [0.25, 0.3) is 11.3 Å². The Morgan fingerprint density at radius 1 is 1.16 bits per heavy atom. The van der Waals surface area contributed by atoms with Crippen LogP contribution in [0, 0.1) is 11.8 Å². The highest BCUT2D eigenvalue weighted by Crippen LogP contribution is 2.33. The van der Waals surface area contributed by atoms with Crippen molar-refractivity contribution in [3.05, 3.63) is 59.1 Å². The Morgan fingerprint density at radius 2 is 1.89 bits per heavy atom. The van der Waals surface area contributed by atoms with E-state index in [1.807, 2.05) is 17.0 Å². The quantitative estimate of drug-likeness (QED) is 0.405. The average molecular weight is 558 g/mol. The van der Waals surface area contributed by atoms with E-state index in [1.54, 1.807) is 18.2 Å². The molecule has 0 unspecified atom stereocenters. The van der Waals surface area contributed by atoms with Gasteiger partial charge in [-0.1, -0.05) is 44.5 Å². The van der Waals surface area contributed by atoms with Crippen LogP contribution in [0.2, 0.25) is 5.02 Å². The highest BCUT2D eigenvalue weighted by atomic mass is 35.5. The summed E-state index contributed by atoms with van der Waals surface area (Å²) < 4.78 is 33.7. The molecule has 9 nitrogen and oxygen atoms in total. The minimum Gasteiger partial charge on any atom is -0.492 e. The average Bonchev–Trinajstić information content (AvgIpc) is 2.88. The SMILES string of the molecule is CC(C)COc1cc(-c2ccc(C(=O)NS(=O)(=O)c3cccc(N)n3)c(N3CCC(C)CC3)n2)ccc1Cl. The van der Waals surface area contributed by atoms with E-state index in [9.17, 15) is 13.2 Å². The Hall–Kier alpha value is -3.37. The summed E-state index contributed by atoms with van der Waals surface area (Å²) in [6.07, 6.45) is 1.87. The number of nitrogens with zero attached hydrogens (tertiary/aromatic N) is 3. The lowest BCUT2D eigenvalue weighted by molar-refractivity contribution is 0.0981. The van der Waals surface area contributed by atoms with Gasteiger partial charge in [-0.2, -0.15) is 8.42 Å². The van der Waals surface area contributed by atoms with Gasteiger partial charge in [0.2, 0.25) is 0 Å². The summed E-state index contributed by atoms with van der Waals surface area (Å²) in [5.74, 6) is 1.10. The number of aromatic nitrogens is 2. The number of hydrogen-bond acceptors (Lipinski definition) is 8. The summed E-state index contributed by atoms with van der Waals surface area (Å²) in [5, 5.41) is 0.162. The predicted molar refractivity (Wildman–Crippen MR) is 149 cm³/mol. The van der Waals surface area contributed by atoms with Crippen LogP contribution in [0.3, 0.4) is 0 Å². The molecule has 0 radical (unpaired) electrons. The molecule has 3 heterocycles. The predicted octanol–water partition coefficient (Wildman–Crippen LogP) is 4.77. The Bertz CT molecular complexity index is 1420. The number of pyridine rings is 2. The molecule has 1 aliphatic heterocycles. The largest absolute Gasteiger partial charge is 0.492 e. The van der Waals surface area contributed by atoms with Gasteiger partial charge in [0.15, 0.2) is 5.03 Å². The number of anilines is 2. The summed E-state index contributed by atoms with van der Waals surface area (Å²) >= 11 is 6.35. The second-order valence-corrected chi connectivity index (χ2v) is 12.0. The molecule has 3 aromatic rings. The Morgan fingerprint density at radius 3 is 2.58 bits per heavy atom. The van der Waals surface area contributed by atoms with Crippen LogP contribution in [-0.2, 0) is 10.0 Å². The summed E-state index contributed by atoms with van der Waals surface area (Å²) in [7, 11) is -4.24. The second kappa shape index (κ2) is 11.6. The molecule has 38 heavy (non-hydrogen) atoms. The van der Waals surface area contributed by atoms with Crippen LogP contribution in [0.5, 0.6) is 5.75 Å². The monoisotopic (exact) mass is 557 g/mol. The van der Waals surface area contributed by atoms with E-state index in [-0.39, 0.29) is 16.4 Å². The third-order valence-electron chi connectivity index (χ3n) is 6.25. The molecule has 0 saturated carbocycles. The zero-order chi connectivity index (χ0) is 27.4. The molecule has 0 spiro atoms. The number of carbonyl (C=O) groups excluding carboxylic acids is 1. The third kappa shape index (κ3) is 6.54. The van der Waals surface area contributed by atoms with E-state index in [1.165, 1.54) is 18.2 Å². The van der Waals surface area contributed by atoms with Crippen molar-refractivity contribution in [1.29, 1.82) is 0 Å². The van der Waals surface area contributed by atoms with E-state index < -0.39 is 15.9 Å². The van der Waals surface area contributed by atoms with E-state index in [2.05, 4.69) is 30.5 Å². The molecule has 4 rings (SSSR count). The van der Waals surface area contributed by atoms with Crippen LogP contribution in [-0.4, -0.2) is 44.0 Å². The summed E-state index contributed by atoms with van der Waals surface area (Å²) in [6, 6.07) is 12.9. The number of nitrogen functional groups attached to an aromatic ring is 1. The van der Waals surface area contributed by atoms with Crippen molar-refractivity contribution in [3.8, 4) is 17.0 Å². The van der Waals surface area contributed by atoms with E-state index in [0.29, 0.717) is 53.8 Å². The molecule has 1 fully saturated rings. The minimum atomic E-state index is -4.24. The molecule has 1 aliphatic rings. The normalized spacial score (nSPS) is 14.5. The van der Waals surface area contributed by atoms with Gasteiger partial charge < -0.3 is 15.4 Å². The standard InChI is InChI=1S/C27H32ClN5O4S/c1-17(2)16-37-23-15-19(7-9-21(23)28)22-10-8-20(26(30-22)33-13-11-18(3)12-14-33)27(34)32-38(35,36)25-6-4-5-24(29)31-25/h4-10,15,17-18H,11-14,16H2,1-3H3,(H2,29,31)(H,32,34). The maximum Gasteiger partial charge on any atom is 0.281 e. The number of ether oxygens (including phenoxy) is 1. The number of carbonyl (C=O) groups is 1. The van der Waals surface area contributed by atoms with Crippen molar-refractivity contribution in [3.63, 3.8) is 0 Å². The van der Waals surface area contributed by atoms with Crippen molar-refractivity contribution >= 4 is 39.2 Å². The first-order valence-corrected chi connectivity index (χ1v) is 14.4. The number of amides is 1. The van der Waals surface area contributed by atoms with Crippen molar-refractivity contribution in [2.45, 2.75) is 38.6 Å². The van der Waals surface area contributed by atoms with Crippen LogP contribution in [0.1, 0.15) is 44.0 Å². The van der Waals surface area contributed by atoms with Crippen molar-refractivity contribution in [2.24, 2.45) is 11.8 Å². The molecule has 1 aromatic carbocycles. The molecule has 0 atom stereocenters. The van der Waals surface area contributed by atoms with Gasteiger partial charge in [-0.3, -0.25) is 4.79 Å². The third-order valence-corrected chi connectivity index (χ3v) is 7.79. The van der Waals surface area contributed by atoms with Gasteiger partial charge in [0, 0.05) is 18.7 Å². The smallest absolute Gasteiger partial charge is 0.281 e. The fourth-order valence-corrected chi connectivity index (χ4v) is 5.20. The summed E-state index contributed by atoms with van der Waals surface area (Å²) in [6.45, 7) is 8.21. The van der Waals surface area contributed by atoms with Crippen LogP contribution < -0.4 is 20.1 Å². The second-order valence-electron chi connectivity index (χ2n) is 9.92. The Kier molecular flexibility index (Phi) is 8.42. The highest BCUT2D eigenvalue weighted by Gasteiger charge is 2.27. The van der Waals surface area contributed by atoms with Gasteiger partial charge in [0.25, 0.3) is 15.9 Å². The van der Waals surface area contributed by atoms with Gasteiger partial charge in [0.1, 0.15) is 17.4 Å². The first-order chi connectivity index (χ1) is 18.0. The molecular weight excluding hydrogens is 526 g/mol. The zero-order valence-corrected chi connectivity index (χ0v) is 23.2. The maximum atomic E-state index is 13.3. The maximum absolute atomic E-state index is 13.3. The van der Waals surface area contributed by atoms with Crippen LogP contribution >= 0.6 is 11.6 Å². The Balaban J connectivity index is 1.70. The summed E-state index contributed by atoms with van der Waals surface area (Å²) in [5.41, 5.74) is 7.17. The number of sulfonamides is 1. The number of nitrogens with two attached hydrogens (primary N) is 1. The molecule has 0 bridgehead atoms. The van der Waals surface area contributed by atoms with Gasteiger partial charge in [0.05, 0.1) is 22.9 Å². The summed E-state index contributed by atoms with van der Waals surface area (Å²) in [4.78, 5) is 24.0. The first-order valence-electron chi connectivity index (χ1n) is 12.5. The molecule has 0 aliphatic carbocycles. The van der Waals surface area contributed by atoms with Gasteiger partial charge in [-0.05, 0) is 61.1 Å². The molecule has 11 heteroatoms.